The van der Waals surface area contributed by atoms with Gasteiger partial charge in [-0.2, -0.15) is 4.31 Å². The predicted octanol–water partition coefficient (Wildman–Crippen LogP) is 1.76. The van der Waals surface area contributed by atoms with Gasteiger partial charge in [0.2, 0.25) is 10.0 Å². The first kappa shape index (κ1) is 16.7. The van der Waals surface area contributed by atoms with Crippen molar-refractivity contribution < 1.29 is 13.5 Å². The highest BCUT2D eigenvalue weighted by Crippen LogP contribution is 2.20. The van der Waals surface area contributed by atoms with Crippen LogP contribution in [0.1, 0.15) is 31.4 Å². The lowest BCUT2D eigenvalue weighted by Crippen LogP contribution is -2.34. The maximum atomic E-state index is 12.5. The highest BCUT2D eigenvalue weighted by molar-refractivity contribution is 7.89. The van der Waals surface area contributed by atoms with Crippen molar-refractivity contribution >= 4 is 10.0 Å². The Balaban J connectivity index is 3.18. The van der Waals surface area contributed by atoms with Crippen molar-refractivity contribution in [2.24, 2.45) is 0 Å². The second kappa shape index (κ2) is 6.89. The summed E-state index contributed by atoms with van der Waals surface area (Å²) >= 11 is 0. The zero-order chi connectivity index (χ0) is 15.3. The quantitative estimate of drug-likeness (QED) is 0.861. The zero-order valence-corrected chi connectivity index (χ0v) is 13.2. The molecule has 0 saturated heterocycles. The average Bonchev–Trinajstić information content (AvgIpc) is 2.44. The molecule has 0 spiro atoms. The van der Waals surface area contributed by atoms with Crippen LogP contribution in [0.5, 0.6) is 0 Å². The lowest BCUT2D eigenvalue weighted by atomic mass is 10.1. The van der Waals surface area contributed by atoms with Crippen molar-refractivity contribution in [2.75, 3.05) is 13.7 Å². The predicted molar refractivity (Wildman–Crippen MR) is 79.8 cm³/mol. The molecule has 1 N–H and O–H groups in total. The van der Waals surface area contributed by atoms with Gasteiger partial charge in [0.25, 0.3) is 0 Å². The molecule has 0 amide bonds. The standard InChI is InChI=1S/C15H21NO3S/c1-5-13(3)16(4)20(18,19)15-9-8-14(7-6-10-17)12(2)11-15/h8-9,11,13,17H,5,10H2,1-4H3. The van der Waals surface area contributed by atoms with E-state index < -0.39 is 10.0 Å². The molecule has 1 aromatic carbocycles. The molecule has 20 heavy (non-hydrogen) atoms. The van der Waals surface area contributed by atoms with Gasteiger partial charge in [0.05, 0.1) is 4.90 Å². The minimum absolute atomic E-state index is 0.0471. The van der Waals surface area contributed by atoms with Crippen LogP contribution in [0.3, 0.4) is 0 Å². The molecule has 0 aliphatic carbocycles. The Labute approximate surface area is 121 Å². The highest BCUT2D eigenvalue weighted by atomic mass is 32.2. The molecule has 1 atom stereocenters. The molecule has 0 radical (unpaired) electrons. The summed E-state index contributed by atoms with van der Waals surface area (Å²) in [5.41, 5.74) is 1.51. The van der Waals surface area contributed by atoms with Gasteiger partial charge in [-0.1, -0.05) is 18.8 Å². The van der Waals surface area contributed by atoms with E-state index in [2.05, 4.69) is 11.8 Å². The topological polar surface area (TPSA) is 57.6 Å². The third-order valence-electron chi connectivity index (χ3n) is 3.39. The zero-order valence-electron chi connectivity index (χ0n) is 12.3. The van der Waals surface area contributed by atoms with Crippen LogP contribution in [0.2, 0.25) is 0 Å². The van der Waals surface area contributed by atoms with E-state index >= 15 is 0 Å². The van der Waals surface area contributed by atoms with Gasteiger partial charge < -0.3 is 5.11 Å². The largest absolute Gasteiger partial charge is 0.384 e. The van der Waals surface area contributed by atoms with Gasteiger partial charge in [0, 0.05) is 18.7 Å². The van der Waals surface area contributed by atoms with Crippen LogP contribution in [0.15, 0.2) is 23.1 Å². The third-order valence-corrected chi connectivity index (χ3v) is 5.36. The number of hydrogen-bond donors (Lipinski definition) is 1. The van der Waals surface area contributed by atoms with Crippen LogP contribution >= 0.6 is 0 Å². The summed E-state index contributed by atoms with van der Waals surface area (Å²) < 4.78 is 26.3. The summed E-state index contributed by atoms with van der Waals surface area (Å²) in [7, 11) is -1.88. The van der Waals surface area contributed by atoms with Gasteiger partial charge in [-0.3, -0.25) is 0 Å². The summed E-state index contributed by atoms with van der Waals surface area (Å²) in [6, 6.07) is 4.81. The number of sulfonamides is 1. The van der Waals surface area contributed by atoms with E-state index in [1.807, 2.05) is 20.8 Å². The first-order chi connectivity index (χ1) is 9.34. The smallest absolute Gasteiger partial charge is 0.243 e. The van der Waals surface area contributed by atoms with E-state index in [1.54, 1.807) is 25.2 Å². The van der Waals surface area contributed by atoms with E-state index in [0.717, 1.165) is 17.5 Å². The Kier molecular flexibility index (Phi) is 5.75. The minimum atomic E-state index is -3.47. The molecule has 110 valence electrons. The number of rotatable bonds is 4. The molecule has 1 aromatic rings. The summed E-state index contributed by atoms with van der Waals surface area (Å²) in [6.07, 6.45) is 0.759. The maximum absolute atomic E-state index is 12.5. The van der Waals surface area contributed by atoms with Crippen LogP contribution in [-0.2, 0) is 10.0 Å². The minimum Gasteiger partial charge on any atom is -0.384 e. The Morgan fingerprint density at radius 3 is 2.55 bits per heavy atom. The molecule has 5 heteroatoms. The first-order valence-corrected chi connectivity index (χ1v) is 7.97. The number of benzene rings is 1. The second-order valence-corrected chi connectivity index (χ2v) is 6.71. The van der Waals surface area contributed by atoms with Crippen molar-refractivity contribution in [1.82, 2.24) is 4.31 Å². The number of aliphatic hydroxyl groups is 1. The Morgan fingerprint density at radius 1 is 1.40 bits per heavy atom. The molecule has 0 fully saturated rings. The van der Waals surface area contributed by atoms with Crippen LogP contribution in [0, 0.1) is 18.8 Å². The molecule has 1 rings (SSSR count). The number of nitrogens with zero attached hydrogens (tertiary/aromatic N) is 1. The summed E-state index contributed by atoms with van der Waals surface area (Å²) in [6.45, 7) is 5.43. The van der Waals surface area contributed by atoms with E-state index in [4.69, 9.17) is 5.11 Å². The lowest BCUT2D eigenvalue weighted by molar-refractivity contribution is 0.350. The number of aliphatic hydroxyl groups excluding tert-OH is 1. The molecule has 0 aliphatic rings. The molecule has 0 heterocycles. The van der Waals surface area contributed by atoms with Gasteiger partial charge in [-0.15, -0.1) is 0 Å². The number of aryl methyl sites for hydroxylation is 1. The normalized spacial score (nSPS) is 12.9. The molecule has 1 unspecified atom stereocenters. The van der Waals surface area contributed by atoms with Crippen LogP contribution in [0.25, 0.3) is 0 Å². The first-order valence-electron chi connectivity index (χ1n) is 6.53. The van der Waals surface area contributed by atoms with Gasteiger partial charge in [0.1, 0.15) is 6.61 Å². The maximum Gasteiger partial charge on any atom is 0.243 e. The van der Waals surface area contributed by atoms with E-state index in [9.17, 15) is 8.42 Å². The summed E-state index contributed by atoms with van der Waals surface area (Å²) in [5, 5.41) is 8.69. The fourth-order valence-corrected chi connectivity index (χ4v) is 3.25. The van der Waals surface area contributed by atoms with E-state index in [-0.39, 0.29) is 17.5 Å². The number of hydrogen-bond acceptors (Lipinski definition) is 3. The van der Waals surface area contributed by atoms with Crippen LogP contribution in [0.4, 0.5) is 0 Å². The van der Waals surface area contributed by atoms with E-state index in [0.29, 0.717) is 0 Å². The fourth-order valence-electron chi connectivity index (χ4n) is 1.73. The Bertz CT molecular complexity index is 626. The van der Waals surface area contributed by atoms with Gasteiger partial charge in [-0.05, 0) is 44.0 Å². The SMILES string of the molecule is CCC(C)N(C)S(=O)(=O)c1ccc(C#CCO)c(C)c1. The highest BCUT2D eigenvalue weighted by Gasteiger charge is 2.24. The molecule has 0 bridgehead atoms. The Morgan fingerprint density at radius 2 is 2.05 bits per heavy atom. The third kappa shape index (κ3) is 3.60. The monoisotopic (exact) mass is 295 g/mol. The lowest BCUT2D eigenvalue weighted by Gasteiger charge is -2.23. The molecule has 4 nitrogen and oxygen atoms in total. The fraction of sp³-hybridized carbons (Fsp3) is 0.467. The molecular weight excluding hydrogens is 274 g/mol. The van der Waals surface area contributed by atoms with Crippen molar-refractivity contribution in [3.05, 3.63) is 29.3 Å². The van der Waals surface area contributed by atoms with Gasteiger partial charge in [-0.25, -0.2) is 8.42 Å². The van der Waals surface area contributed by atoms with Gasteiger partial charge in [0.15, 0.2) is 0 Å². The summed E-state index contributed by atoms with van der Waals surface area (Å²) in [5.74, 6) is 5.36. The van der Waals surface area contributed by atoms with Crippen LogP contribution in [-0.4, -0.2) is 37.5 Å². The molecule has 0 aliphatic heterocycles. The van der Waals surface area contributed by atoms with Crippen LogP contribution < -0.4 is 0 Å². The van der Waals surface area contributed by atoms with Gasteiger partial charge >= 0.3 is 0 Å². The Hall–Kier alpha value is -1.35. The summed E-state index contributed by atoms with van der Waals surface area (Å²) in [4.78, 5) is 0.271. The average molecular weight is 295 g/mol. The molecule has 0 aromatic heterocycles. The van der Waals surface area contributed by atoms with Crippen molar-refractivity contribution in [1.29, 1.82) is 0 Å². The van der Waals surface area contributed by atoms with E-state index in [1.165, 1.54) is 4.31 Å². The molecular formula is C15H21NO3S. The van der Waals surface area contributed by atoms with Crippen molar-refractivity contribution in [2.45, 2.75) is 38.1 Å². The molecule has 0 saturated carbocycles. The second-order valence-electron chi connectivity index (χ2n) is 4.72. The van der Waals surface area contributed by atoms with Crippen molar-refractivity contribution in [3.63, 3.8) is 0 Å². The van der Waals surface area contributed by atoms with Crippen molar-refractivity contribution in [3.8, 4) is 11.8 Å².